The number of nitrogens with one attached hydrogen (secondary N) is 1. The van der Waals surface area contributed by atoms with Crippen molar-refractivity contribution in [3.63, 3.8) is 0 Å². The first kappa shape index (κ1) is 16.8. The second kappa shape index (κ2) is 7.98. The maximum absolute atomic E-state index is 12.0. The molecule has 0 amide bonds. The van der Waals surface area contributed by atoms with Crippen LogP contribution in [0.3, 0.4) is 0 Å². The van der Waals surface area contributed by atoms with Crippen molar-refractivity contribution in [1.29, 1.82) is 0 Å². The molecule has 0 rings (SSSR count). The van der Waals surface area contributed by atoms with Gasteiger partial charge in [-0.1, -0.05) is 13.8 Å². The van der Waals surface area contributed by atoms with Crippen LogP contribution in [-0.4, -0.2) is 35.2 Å². The minimum absolute atomic E-state index is 0.141. The minimum Gasteiger partial charge on any atom is -0.465 e. The number of hydrogen-bond donors (Lipinski definition) is 1. The Morgan fingerprint density at radius 1 is 1.35 bits per heavy atom. The molecule has 0 bridgehead atoms. The Bertz CT molecular complexity index is 231. The number of hydrogen-bond acceptors (Lipinski definition) is 4. The first-order valence-corrected chi connectivity index (χ1v) is 7.43. The highest BCUT2D eigenvalue weighted by Crippen LogP contribution is 2.19. The molecule has 0 saturated heterocycles. The van der Waals surface area contributed by atoms with Gasteiger partial charge in [-0.05, 0) is 45.1 Å². The van der Waals surface area contributed by atoms with E-state index in [1.165, 1.54) is 0 Å². The number of esters is 1. The zero-order valence-electron chi connectivity index (χ0n) is 12.0. The van der Waals surface area contributed by atoms with Crippen LogP contribution in [0.2, 0.25) is 0 Å². The minimum atomic E-state index is -0.563. The molecule has 0 saturated carbocycles. The molecule has 3 nitrogen and oxygen atoms in total. The molecule has 0 aromatic carbocycles. The summed E-state index contributed by atoms with van der Waals surface area (Å²) >= 11 is 1.87. The first-order valence-electron chi connectivity index (χ1n) is 6.38. The molecular formula is C13H27NO2S. The number of rotatable bonds is 8. The number of thioether (sulfide) groups is 1. The summed E-state index contributed by atoms with van der Waals surface area (Å²) in [6.45, 7) is 12.7. The number of carbonyl (C=O) groups is 1. The second-order valence-electron chi connectivity index (χ2n) is 5.02. The molecule has 0 fully saturated rings. The van der Waals surface area contributed by atoms with Crippen LogP contribution in [0.15, 0.2) is 0 Å². The van der Waals surface area contributed by atoms with E-state index in [4.69, 9.17) is 4.74 Å². The smallest absolute Gasteiger partial charge is 0.326 e. The van der Waals surface area contributed by atoms with Gasteiger partial charge in [0.05, 0.1) is 6.61 Å². The molecule has 0 spiro atoms. The highest BCUT2D eigenvalue weighted by molar-refractivity contribution is 7.99. The summed E-state index contributed by atoms with van der Waals surface area (Å²) in [4.78, 5) is 12.0. The molecule has 102 valence electrons. The monoisotopic (exact) mass is 261 g/mol. The normalized spacial score (nSPS) is 15.1. The average molecular weight is 261 g/mol. The van der Waals surface area contributed by atoms with Gasteiger partial charge in [0, 0.05) is 6.04 Å². The maximum Gasteiger partial charge on any atom is 0.326 e. The lowest BCUT2D eigenvalue weighted by molar-refractivity contribution is -0.150. The Balaban J connectivity index is 4.43. The van der Waals surface area contributed by atoms with E-state index in [0.717, 1.165) is 12.2 Å². The second-order valence-corrected chi connectivity index (χ2v) is 6.71. The summed E-state index contributed by atoms with van der Waals surface area (Å²) in [5.74, 6) is 0.824. The Labute approximate surface area is 110 Å². The zero-order valence-corrected chi connectivity index (χ0v) is 12.8. The fourth-order valence-electron chi connectivity index (χ4n) is 1.66. The van der Waals surface area contributed by atoms with Crippen LogP contribution >= 0.6 is 11.8 Å². The molecule has 0 aliphatic carbocycles. The van der Waals surface area contributed by atoms with Gasteiger partial charge in [-0.2, -0.15) is 11.8 Å². The van der Waals surface area contributed by atoms with Gasteiger partial charge in [0.25, 0.3) is 0 Å². The van der Waals surface area contributed by atoms with E-state index >= 15 is 0 Å². The van der Waals surface area contributed by atoms with Crippen molar-refractivity contribution in [2.75, 3.05) is 12.4 Å². The average Bonchev–Trinajstić information content (AvgIpc) is 2.16. The van der Waals surface area contributed by atoms with Gasteiger partial charge in [0.2, 0.25) is 0 Å². The van der Waals surface area contributed by atoms with Crippen molar-refractivity contribution in [3.05, 3.63) is 0 Å². The molecule has 1 N–H and O–H groups in total. The molecular weight excluding hydrogens is 234 g/mol. The van der Waals surface area contributed by atoms with Crippen LogP contribution < -0.4 is 5.32 Å². The summed E-state index contributed by atoms with van der Waals surface area (Å²) in [5.41, 5.74) is -0.563. The lowest BCUT2D eigenvalue weighted by atomic mass is 9.98. The number of carbonyl (C=O) groups excluding carboxylic acids is 1. The van der Waals surface area contributed by atoms with Crippen LogP contribution in [0.5, 0.6) is 0 Å². The van der Waals surface area contributed by atoms with Crippen molar-refractivity contribution in [2.45, 2.75) is 64.8 Å². The zero-order chi connectivity index (χ0) is 13.5. The summed E-state index contributed by atoms with van der Waals surface area (Å²) in [5, 5.41) is 3.92. The van der Waals surface area contributed by atoms with Gasteiger partial charge in [0.15, 0.2) is 0 Å². The summed E-state index contributed by atoms with van der Waals surface area (Å²) in [7, 11) is 0. The van der Waals surface area contributed by atoms with Gasteiger partial charge in [-0.15, -0.1) is 0 Å². The fourth-order valence-corrected chi connectivity index (χ4v) is 2.66. The predicted molar refractivity (Wildman–Crippen MR) is 75.5 cm³/mol. The lowest BCUT2D eigenvalue weighted by Gasteiger charge is -2.30. The van der Waals surface area contributed by atoms with Crippen molar-refractivity contribution in [1.82, 2.24) is 5.32 Å². The fraction of sp³-hybridized carbons (Fsp3) is 0.923. The Morgan fingerprint density at radius 2 is 1.94 bits per heavy atom. The van der Waals surface area contributed by atoms with Crippen molar-refractivity contribution in [2.24, 2.45) is 0 Å². The first-order chi connectivity index (χ1) is 7.81. The van der Waals surface area contributed by atoms with E-state index in [-0.39, 0.29) is 12.0 Å². The third kappa shape index (κ3) is 6.94. The maximum atomic E-state index is 12.0. The third-order valence-corrected chi connectivity index (χ3v) is 3.49. The Morgan fingerprint density at radius 3 is 2.35 bits per heavy atom. The van der Waals surface area contributed by atoms with Crippen LogP contribution in [0.1, 0.15) is 48.0 Å². The van der Waals surface area contributed by atoms with E-state index in [0.29, 0.717) is 11.9 Å². The predicted octanol–water partition coefficient (Wildman–Crippen LogP) is 2.84. The third-order valence-electron chi connectivity index (χ3n) is 2.39. The lowest BCUT2D eigenvalue weighted by Crippen LogP contribution is -2.53. The number of ether oxygens (including phenoxy) is 1. The highest BCUT2D eigenvalue weighted by Gasteiger charge is 2.34. The molecule has 0 aliphatic heterocycles. The van der Waals surface area contributed by atoms with Crippen LogP contribution in [-0.2, 0) is 9.53 Å². The van der Waals surface area contributed by atoms with E-state index in [1.807, 2.05) is 39.5 Å². The van der Waals surface area contributed by atoms with E-state index in [2.05, 4.69) is 19.2 Å². The molecule has 17 heavy (non-hydrogen) atoms. The SMILES string of the molecule is CCOC(=O)C(C)(CCSC(C)C)NC(C)C. The van der Waals surface area contributed by atoms with Gasteiger partial charge in [-0.3, -0.25) is 10.1 Å². The van der Waals surface area contributed by atoms with Gasteiger partial charge in [0.1, 0.15) is 5.54 Å². The van der Waals surface area contributed by atoms with Crippen molar-refractivity contribution in [3.8, 4) is 0 Å². The van der Waals surface area contributed by atoms with Crippen LogP contribution in [0, 0.1) is 0 Å². The Kier molecular flexibility index (Phi) is 7.88. The van der Waals surface area contributed by atoms with Crippen LogP contribution in [0.25, 0.3) is 0 Å². The van der Waals surface area contributed by atoms with Crippen molar-refractivity contribution >= 4 is 17.7 Å². The standard InChI is InChI=1S/C13H27NO2S/c1-7-16-12(15)13(6,14-10(2)3)8-9-17-11(4)5/h10-11,14H,7-9H2,1-6H3. The molecule has 1 atom stereocenters. The Hall–Kier alpha value is -0.220. The summed E-state index contributed by atoms with van der Waals surface area (Å²) in [6.07, 6.45) is 0.798. The molecule has 0 aliphatic rings. The van der Waals surface area contributed by atoms with E-state index in [9.17, 15) is 4.79 Å². The van der Waals surface area contributed by atoms with E-state index < -0.39 is 5.54 Å². The van der Waals surface area contributed by atoms with Gasteiger partial charge in [-0.25, -0.2) is 0 Å². The molecule has 0 radical (unpaired) electrons. The summed E-state index contributed by atoms with van der Waals surface area (Å²) in [6, 6.07) is 0.272. The van der Waals surface area contributed by atoms with E-state index in [1.54, 1.807) is 0 Å². The van der Waals surface area contributed by atoms with Gasteiger partial charge < -0.3 is 4.74 Å². The van der Waals surface area contributed by atoms with Crippen LogP contribution in [0.4, 0.5) is 0 Å². The molecule has 0 aromatic rings. The molecule has 0 heterocycles. The quantitative estimate of drug-likeness (QED) is 0.682. The molecule has 4 heteroatoms. The largest absolute Gasteiger partial charge is 0.465 e. The molecule has 0 aromatic heterocycles. The highest BCUT2D eigenvalue weighted by atomic mass is 32.2. The summed E-state index contributed by atoms with van der Waals surface area (Å²) < 4.78 is 5.15. The molecule has 1 unspecified atom stereocenters. The van der Waals surface area contributed by atoms with Crippen molar-refractivity contribution < 1.29 is 9.53 Å². The topological polar surface area (TPSA) is 38.3 Å². The van der Waals surface area contributed by atoms with Gasteiger partial charge >= 0.3 is 5.97 Å².